The summed E-state index contributed by atoms with van der Waals surface area (Å²) in [6, 6.07) is 2.24. The van der Waals surface area contributed by atoms with Crippen molar-refractivity contribution >= 4 is 6.09 Å². The maximum Gasteiger partial charge on any atom is 0.404 e. The fourth-order valence-corrected chi connectivity index (χ4v) is 1.89. The SMILES string of the molecule is CC(C)CC1CC1(C#N)CNC(=O)O. The van der Waals surface area contributed by atoms with Gasteiger partial charge in [-0.3, -0.25) is 0 Å². The van der Waals surface area contributed by atoms with Crippen LogP contribution in [0.25, 0.3) is 0 Å². The molecule has 1 aliphatic rings. The summed E-state index contributed by atoms with van der Waals surface area (Å²) in [7, 11) is 0. The Hall–Kier alpha value is -1.24. The molecule has 2 unspecified atom stereocenters. The minimum Gasteiger partial charge on any atom is -0.465 e. The molecule has 0 aliphatic heterocycles. The third kappa shape index (κ3) is 2.38. The first-order valence-corrected chi connectivity index (χ1v) is 4.88. The molecule has 2 N–H and O–H groups in total. The van der Waals surface area contributed by atoms with Gasteiger partial charge in [-0.2, -0.15) is 5.26 Å². The van der Waals surface area contributed by atoms with E-state index in [4.69, 9.17) is 10.4 Å². The van der Waals surface area contributed by atoms with E-state index in [0.29, 0.717) is 11.8 Å². The standard InChI is InChI=1S/C10H16N2O2/c1-7(2)3-8-4-10(8,5-11)6-12-9(13)14/h7-8,12H,3-4,6H2,1-2H3,(H,13,14). The van der Waals surface area contributed by atoms with E-state index in [1.165, 1.54) is 0 Å². The van der Waals surface area contributed by atoms with Crippen molar-refractivity contribution in [2.75, 3.05) is 6.54 Å². The van der Waals surface area contributed by atoms with Crippen LogP contribution in [0.15, 0.2) is 0 Å². The maximum absolute atomic E-state index is 10.3. The topological polar surface area (TPSA) is 73.1 Å². The number of nitriles is 1. The Morgan fingerprint density at radius 3 is 2.86 bits per heavy atom. The van der Waals surface area contributed by atoms with Gasteiger partial charge in [0.1, 0.15) is 0 Å². The molecule has 14 heavy (non-hydrogen) atoms. The van der Waals surface area contributed by atoms with Gasteiger partial charge >= 0.3 is 6.09 Å². The molecule has 78 valence electrons. The highest BCUT2D eigenvalue weighted by atomic mass is 16.4. The normalized spacial score (nSPS) is 29.7. The lowest BCUT2D eigenvalue weighted by Crippen LogP contribution is -2.29. The molecule has 0 aromatic rings. The highest BCUT2D eigenvalue weighted by Crippen LogP contribution is 2.54. The Kier molecular flexibility index (Phi) is 3.00. The van der Waals surface area contributed by atoms with Crippen molar-refractivity contribution in [3.63, 3.8) is 0 Å². The van der Waals surface area contributed by atoms with E-state index in [-0.39, 0.29) is 6.54 Å². The van der Waals surface area contributed by atoms with Gasteiger partial charge < -0.3 is 10.4 Å². The van der Waals surface area contributed by atoms with Crippen LogP contribution in [0.1, 0.15) is 26.7 Å². The average Bonchev–Trinajstić information content (AvgIpc) is 2.75. The number of nitrogens with zero attached hydrogens (tertiary/aromatic N) is 1. The summed E-state index contributed by atoms with van der Waals surface area (Å²) >= 11 is 0. The van der Waals surface area contributed by atoms with Crippen LogP contribution in [0.4, 0.5) is 4.79 Å². The zero-order valence-corrected chi connectivity index (χ0v) is 8.58. The number of rotatable bonds is 4. The van der Waals surface area contributed by atoms with Crippen molar-refractivity contribution in [1.29, 1.82) is 5.26 Å². The Morgan fingerprint density at radius 2 is 2.43 bits per heavy atom. The zero-order chi connectivity index (χ0) is 10.8. The van der Waals surface area contributed by atoms with E-state index >= 15 is 0 Å². The predicted octanol–water partition coefficient (Wildman–Crippen LogP) is 1.83. The van der Waals surface area contributed by atoms with Crippen LogP contribution in [0.2, 0.25) is 0 Å². The van der Waals surface area contributed by atoms with Crippen molar-refractivity contribution in [2.45, 2.75) is 26.7 Å². The van der Waals surface area contributed by atoms with Gasteiger partial charge in [0.2, 0.25) is 0 Å². The smallest absolute Gasteiger partial charge is 0.404 e. The first kappa shape index (κ1) is 10.8. The van der Waals surface area contributed by atoms with Crippen molar-refractivity contribution in [1.82, 2.24) is 5.32 Å². The van der Waals surface area contributed by atoms with E-state index in [9.17, 15) is 4.79 Å². The van der Waals surface area contributed by atoms with Gasteiger partial charge in [-0.15, -0.1) is 0 Å². The molecule has 0 aromatic heterocycles. The second-order valence-electron chi connectivity index (χ2n) is 4.46. The highest BCUT2D eigenvalue weighted by molar-refractivity contribution is 5.64. The largest absolute Gasteiger partial charge is 0.465 e. The van der Waals surface area contributed by atoms with Gasteiger partial charge in [-0.25, -0.2) is 4.79 Å². The van der Waals surface area contributed by atoms with Gasteiger partial charge in [-0.05, 0) is 24.7 Å². The van der Waals surface area contributed by atoms with E-state index in [1.54, 1.807) is 0 Å². The molecule has 2 atom stereocenters. The summed E-state index contributed by atoms with van der Waals surface area (Å²) in [5, 5.41) is 19.7. The summed E-state index contributed by atoms with van der Waals surface area (Å²) in [6.45, 7) is 4.51. The number of carboxylic acid groups (broad SMARTS) is 1. The molecular weight excluding hydrogens is 180 g/mol. The van der Waals surface area contributed by atoms with Gasteiger partial charge in [-0.1, -0.05) is 13.8 Å². The second kappa shape index (κ2) is 3.87. The molecule has 0 aromatic carbocycles. The third-order valence-corrected chi connectivity index (χ3v) is 2.77. The summed E-state index contributed by atoms with van der Waals surface area (Å²) < 4.78 is 0. The molecule has 0 heterocycles. The zero-order valence-electron chi connectivity index (χ0n) is 8.58. The molecule has 1 aliphatic carbocycles. The Labute approximate surface area is 83.9 Å². The van der Waals surface area contributed by atoms with E-state index in [1.807, 2.05) is 0 Å². The highest BCUT2D eigenvalue weighted by Gasteiger charge is 2.54. The molecule has 0 bridgehead atoms. The van der Waals surface area contributed by atoms with E-state index < -0.39 is 11.5 Å². The molecule has 1 rings (SSSR count). The molecule has 0 radical (unpaired) electrons. The summed E-state index contributed by atoms with van der Waals surface area (Å²) in [5.74, 6) is 0.944. The summed E-state index contributed by atoms with van der Waals surface area (Å²) in [5.41, 5.74) is -0.414. The van der Waals surface area contributed by atoms with Gasteiger partial charge in [0, 0.05) is 6.54 Å². The predicted molar refractivity (Wildman–Crippen MR) is 51.6 cm³/mol. The van der Waals surface area contributed by atoms with Crippen LogP contribution < -0.4 is 5.32 Å². The summed E-state index contributed by atoms with van der Waals surface area (Å²) in [6.07, 6.45) is 0.798. The molecule has 0 spiro atoms. The van der Waals surface area contributed by atoms with Gasteiger partial charge in [0.15, 0.2) is 0 Å². The number of amides is 1. The number of hydrogen-bond donors (Lipinski definition) is 2. The van der Waals surface area contributed by atoms with Gasteiger partial charge in [0.05, 0.1) is 11.5 Å². The van der Waals surface area contributed by atoms with E-state index in [2.05, 4.69) is 25.2 Å². The molecule has 0 saturated heterocycles. The number of hydrogen-bond acceptors (Lipinski definition) is 2. The molecule has 1 fully saturated rings. The molecular formula is C10H16N2O2. The monoisotopic (exact) mass is 196 g/mol. The van der Waals surface area contributed by atoms with Gasteiger partial charge in [0.25, 0.3) is 0 Å². The van der Waals surface area contributed by atoms with Crippen molar-refractivity contribution in [2.24, 2.45) is 17.3 Å². The Morgan fingerprint density at radius 1 is 1.79 bits per heavy atom. The quantitative estimate of drug-likeness (QED) is 0.720. The first-order valence-electron chi connectivity index (χ1n) is 4.88. The van der Waals surface area contributed by atoms with Crippen molar-refractivity contribution in [3.8, 4) is 6.07 Å². The van der Waals surface area contributed by atoms with Crippen LogP contribution in [0.3, 0.4) is 0 Å². The molecule has 4 heteroatoms. The fourth-order valence-electron chi connectivity index (χ4n) is 1.89. The van der Waals surface area contributed by atoms with Crippen LogP contribution >= 0.6 is 0 Å². The first-order chi connectivity index (χ1) is 6.50. The molecule has 1 saturated carbocycles. The lowest BCUT2D eigenvalue weighted by Gasteiger charge is -2.09. The summed E-state index contributed by atoms with van der Waals surface area (Å²) in [4.78, 5) is 10.3. The lowest BCUT2D eigenvalue weighted by molar-refractivity contribution is 0.192. The van der Waals surface area contributed by atoms with E-state index in [0.717, 1.165) is 12.8 Å². The van der Waals surface area contributed by atoms with Crippen molar-refractivity contribution < 1.29 is 9.90 Å². The Balaban J connectivity index is 2.41. The third-order valence-electron chi connectivity index (χ3n) is 2.77. The van der Waals surface area contributed by atoms with Crippen LogP contribution in [0, 0.1) is 28.6 Å². The lowest BCUT2D eigenvalue weighted by atomic mass is 9.99. The second-order valence-corrected chi connectivity index (χ2v) is 4.46. The van der Waals surface area contributed by atoms with Crippen LogP contribution in [-0.4, -0.2) is 17.7 Å². The maximum atomic E-state index is 10.3. The Bertz CT molecular complexity index is 270. The molecule has 4 nitrogen and oxygen atoms in total. The van der Waals surface area contributed by atoms with Crippen molar-refractivity contribution in [3.05, 3.63) is 0 Å². The average molecular weight is 196 g/mol. The van der Waals surface area contributed by atoms with Crippen LogP contribution in [-0.2, 0) is 0 Å². The number of nitrogens with one attached hydrogen (secondary N) is 1. The minimum absolute atomic E-state index is 0.274. The fraction of sp³-hybridized carbons (Fsp3) is 0.800. The molecule has 1 amide bonds. The van der Waals surface area contributed by atoms with Crippen LogP contribution in [0.5, 0.6) is 0 Å². The minimum atomic E-state index is -1.05. The number of carbonyl (C=O) groups is 1.